The van der Waals surface area contributed by atoms with Gasteiger partial charge in [-0.2, -0.15) is 0 Å². The number of Topliss-reactive ketones (excluding diaryl/α,β-unsaturated/α-hetero) is 1. The lowest BCUT2D eigenvalue weighted by molar-refractivity contribution is -0.150. The largest absolute Gasteiger partial charge is 0.480 e. The van der Waals surface area contributed by atoms with Gasteiger partial charge in [0.1, 0.15) is 11.4 Å². The number of aliphatic carboxylic acids is 1. The van der Waals surface area contributed by atoms with Crippen molar-refractivity contribution in [1.82, 2.24) is 4.90 Å². The number of carbonyl (C=O) groups excluding carboxylic acids is 2. The van der Waals surface area contributed by atoms with E-state index in [4.69, 9.17) is 0 Å². The van der Waals surface area contributed by atoms with Crippen LogP contribution in [-0.2, 0) is 14.4 Å². The normalized spacial score (nSPS) is 21.1. The third-order valence-electron chi connectivity index (χ3n) is 3.92. The van der Waals surface area contributed by atoms with Gasteiger partial charge in [-0.1, -0.05) is 45.4 Å². The molecule has 6 heteroatoms. The number of thioether (sulfide) groups is 1. The standard InChI is InChI=1S/C16H27NO4S/c1-3-4-5-6-7-8-9-10-14(19)17-13(16(20)21)11-22-15(17)12(2)18/h13,15H,3-11H2,1-2H3,(H,20,21). The smallest absolute Gasteiger partial charge is 0.327 e. The summed E-state index contributed by atoms with van der Waals surface area (Å²) < 4.78 is 0. The number of carboxylic acid groups (broad SMARTS) is 1. The second kappa shape index (κ2) is 9.87. The monoisotopic (exact) mass is 329 g/mol. The maximum Gasteiger partial charge on any atom is 0.327 e. The van der Waals surface area contributed by atoms with Gasteiger partial charge in [-0.3, -0.25) is 9.59 Å². The van der Waals surface area contributed by atoms with E-state index in [1.165, 1.54) is 49.3 Å². The average molecular weight is 329 g/mol. The predicted octanol–water partition coefficient (Wildman–Crippen LogP) is 3.07. The van der Waals surface area contributed by atoms with E-state index in [2.05, 4.69) is 6.92 Å². The van der Waals surface area contributed by atoms with Crippen LogP contribution in [0.3, 0.4) is 0 Å². The molecule has 0 bridgehead atoms. The molecule has 1 amide bonds. The maximum absolute atomic E-state index is 12.3. The van der Waals surface area contributed by atoms with Crippen LogP contribution < -0.4 is 0 Å². The number of carboxylic acids is 1. The first-order valence-electron chi connectivity index (χ1n) is 8.15. The number of ketones is 1. The van der Waals surface area contributed by atoms with E-state index in [0.717, 1.165) is 19.3 Å². The van der Waals surface area contributed by atoms with E-state index < -0.39 is 17.4 Å². The Labute approximate surface area is 136 Å². The summed E-state index contributed by atoms with van der Waals surface area (Å²) in [6.07, 6.45) is 8.10. The molecule has 0 aliphatic carbocycles. The van der Waals surface area contributed by atoms with Gasteiger partial charge >= 0.3 is 5.97 Å². The molecule has 1 aliphatic heterocycles. The molecule has 1 aliphatic rings. The topological polar surface area (TPSA) is 74.7 Å². The highest BCUT2D eigenvalue weighted by Crippen LogP contribution is 2.30. The Morgan fingerprint density at radius 3 is 2.23 bits per heavy atom. The minimum atomic E-state index is -1.02. The Morgan fingerprint density at radius 1 is 1.09 bits per heavy atom. The molecular weight excluding hydrogens is 302 g/mol. The van der Waals surface area contributed by atoms with E-state index in [1.807, 2.05) is 0 Å². The minimum absolute atomic E-state index is 0.151. The molecule has 0 aromatic heterocycles. The van der Waals surface area contributed by atoms with Crippen LogP contribution in [0.1, 0.15) is 65.2 Å². The fraction of sp³-hybridized carbons (Fsp3) is 0.812. The first-order chi connectivity index (χ1) is 10.5. The number of hydrogen-bond acceptors (Lipinski definition) is 4. The number of amides is 1. The van der Waals surface area contributed by atoms with Crippen molar-refractivity contribution in [2.75, 3.05) is 5.75 Å². The fourth-order valence-electron chi connectivity index (χ4n) is 2.68. The molecule has 1 heterocycles. The molecular formula is C16H27NO4S. The number of rotatable bonds is 10. The predicted molar refractivity (Wildman–Crippen MR) is 87.8 cm³/mol. The second-order valence-corrected chi connectivity index (χ2v) is 6.94. The van der Waals surface area contributed by atoms with Gasteiger partial charge in [-0.15, -0.1) is 11.8 Å². The van der Waals surface area contributed by atoms with Crippen LogP contribution in [0.4, 0.5) is 0 Å². The van der Waals surface area contributed by atoms with Crippen molar-refractivity contribution in [2.45, 2.75) is 76.6 Å². The van der Waals surface area contributed by atoms with E-state index in [9.17, 15) is 19.5 Å². The lowest BCUT2D eigenvalue weighted by atomic mass is 10.1. The van der Waals surface area contributed by atoms with Crippen LogP contribution in [0.2, 0.25) is 0 Å². The van der Waals surface area contributed by atoms with Crippen molar-refractivity contribution >= 4 is 29.4 Å². The van der Waals surface area contributed by atoms with Crippen molar-refractivity contribution in [1.29, 1.82) is 0 Å². The molecule has 126 valence electrons. The van der Waals surface area contributed by atoms with Gasteiger partial charge in [0.15, 0.2) is 5.78 Å². The summed E-state index contributed by atoms with van der Waals surface area (Å²) in [6, 6.07) is -0.865. The zero-order valence-corrected chi connectivity index (χ0v) is 14.4. The molecule has 2 atom stereocenters. The highest BCUT2D eigenvalue weighted by Gasteiger charge is 2.43. The Balaban J connectivity index is 2.40. The number of hydrogen-bond donors (Lipinski definition) is 1. The van der Waals surface area contributed by atoms with Crippen LogP contribution in [-0.4, -0.2) is 44.8 Å². The molecule has 0 aromatic carbocycles. The zero-order valence-electron chi connectivity index (χ0n) is 13.5. The number of unbranched alkanes of at least 4 members (excludes halogenated alkanes) is 6. The molecule has 0 saturated carbocycles. The molecule has 0 aromatic rings. The lowest BCUT2D eigenvalue weighted by Crippen LogP contribution is -2.47. The lowest BCUT2D eigenvalue weighted by Gasteiger charge is -2.25. The van der Waals surface area contributed by atoms with Gasteiger partial charge in [0.2, 0.25) is 5.91 Å². The Morgan fingerprint density at radius 2 is 1.68 bits per heavy atom. The molecule has 5 nitrogen and oxygen atoms in total. The van der Waals surface area contributed by atoms with Gasteiger partial charge in [-0.05, 0) is 13.3 Å². The highest BCUT2D eigenvalue weighted by atomic mass is 32.2. The van der Waals surface area contributed by atoms with E-state index in [1.54, 1.807) is 0 Å². The summed E-state index contributed by atoms with van der Waals surface area (Å²) in [7, 11) is 0. The Bertz CT molecular complexity index is 378. The van der Waals surface area contributed by atoms with Gasteiger partial charge < -0.3 is 10.0 Å². The summed E-state index contributed by atoms with van der Waals surface area (Å²) in [5, 5.41) is 8.58. The molecule has 0 spiro atoms. The van der Waals surface area contributed by atoms with Crippen LogP contribution in [0.25, 0.3) is 0 Å². The molecule has 1 fully saturated rings. The zero-order chi connectivity index (χ0) is 16.5. The number of carbonyl (C=O) groups is 3. The van der Waals surface area contributed by atoms with Crippen molar-refractivity contribution in [3.8, 4) is 0 Å². The summed E-state index contributed by atoms with van der Waals surface area (Å²) in [5.74, 6) is -1.08. The average Bonchev–Trinajstić information content (AvgIpc) is 2.91. The summed E-state index contributed by atoms with van der Waals surface area (Å²) in [5.41, 5.74) is 0. The Hall–Kier alpha value is -1.04. The molecule has 1 saturated heterocycles. The van der Waals surface area contributed by atoms with Gasteiger partial charge in [0.25, 0.3) is 0 Å². The van der Waals surface area contributed by atoms with Gasteiger partial charge in [-0.25, -0.2) is 4.79 Å². The highest BCUT2D eigenvalue weighted by molar-refractivity contribution is 8.00. The van der Waals surface area contributed by atoms with Crippen molar-refractivity contribution in [3.63, 3.8) is 0 Å². The fourth-order valence-corrected chi connectivity index (χ4v) is 4.00. The summed E-state index contributed by atoms with van der Waals surface area (Å²) in [4.78, 5) is 36.4. The van der Waals surface area contributed by atoms with Crippen molar-refractivity contribution < 1.29 is 19.5 Å². The summed E-state index contributed by atoms with van der Waals surface area (Å²) in [6.45, 7) is 3.59. The molecule has 2 unspecified atom stereocenters. The third-order valence-corrected chi connectivity index (χ3v) is 5.30. The van der Waals surface area contributed by atoms with E-state index in [-0.39, 0.29) is 11.7 Å². The van der Waals surface area contributed by atoms with Crippen LogP contribution in [0.15, 0.2) is 0 Å². The van der Waals surface area contributed by atoms with Crippen molar-refractivity contribution in [3.05, 3.63) is 0 Å². The third kappa shape index (κ3) is 5.63. The van der Waals surface area contributed by atoms with E-state index in [0.29, 0.717) is 12.2 Å². The number of nitrogens with zero attached hydrogens (tertiary/aromatic N) is 1. The quantitative estimate of drug-likeness (QED) is 0.623. The van der Waals surface area contributed by atoms with Crippen molar-refractivity contribution in [2.24, 2.45) is 0 Å². The Kier molecular flexibility index (Phi) is 8.53. The SMILES string of the molecule is CCCCCCCCCC(=O)N1C(C(=O)O)CSC1C(C)=O. The van der Waals surface area contributed by atoms with Gasteiger partial charge in [0.05, 0.1) is 0 Å². The molecule has 1 rings (SSSR count). The second-order valence-electron chi connectivity index (χ2n) is 5.82. The maximum atomic E-state index is 12.3. The molecule has 22 heavy (non-hydrogen) atoms. The van der Waals surface area contributed by atoms with Crippen LogP contribution in [0.5, 0.6) is 0 Å². The molecule has 1 N–H and O–H groups in total. The van der Waals surface area contributed by atoms with Crippen LogP contribution in [0, 0.1) is 0 Å². The first kappa shape index (κ1) is 19.0. The minimum Gasteiger partial charge on any atom is -0.480 e. The molecule has 0 radical (unpaired) electrons. The van der Waals surface area contributed by atoms with Crippen LogP contribution >= 0.6 is 11.8 Å². The first-order valence-corrected chi connectivity index (χ1v) is 9.20. The van der Waals surface area contributed by atoms with E-state index >= 15 is 0 Å². The summed E-state index contributed by atoms with van der Waals surface area (Å²) >= 11 is 1.25. The van der Waals surface area contributed by atoms with Gasteiger partial charge in [0, 0.05) is 12.2 Å².